The molecule has 0 saturated heterocycles. The predicted octanol–water partition coefficient (Wildman–Crippen LogP) is 5.59. The smallest absolute Gasteiger partial charge is 0.135 e. The minimum Gasteiger partial charge on any atom is -0.456 e. The Balaban J connectivity index is 1.81. The van der Waals surface area contributed by atoms with E-state index >= 15 is 0 Å². The molecular weight excluding hydrogens is 256 g/mol. The number of hydrogen-bond donors (Lipinski definition) is 0. The van der Waals surface area contributed by atoms with Gasteiger partial charge in [-0.3, -0.25) is 0 Å². The lowest BCUT2D eigenvalue weighted by molar-refractivity contribution is 0.486. The van der Waals surface area contributed by atoms with Crippen LogP contribution >= 0.6 is 0 Å². The lowest BCUT2D eigenvalue weighted by Crippen LogP contribution is -1.97. The van der Waals surface area contributed by atoms with Gasteiger partial charge in [0, 0.05) is 10.9 Å². The van der Waals surface area contributed by atoms with E-state index in [9.17, 15) is 0 Å². The van der Waals surface area contributed by atoms with E-state index in [0.29, 0.717) is 0 Å². The fourth-order valence-electron chi connectivity index (χ4n) is 2.93. The van der Waals surface area contributed by atoms with Crippen molar-refractivity contribution < 1.29 is 4.74 Å². The molecule has 3 aromatic carbocycles. The van der Waals surface area contributed by atoms with E-state index in [1.54, 1.807) is 0 Å². The van der Waals surface area contributed by atoms with Gasteiger partial charge in [0.1, 0.15) is 11.5 Å². The zero-order valence-corrected chi connectivity index (χ0v) is 11.8. The summed E-state index contributed by atoms with van der Waals surface area (Å²) in [6.07, 6.45) is 6.61. The molecule has 0 bridgehead atoms. The molecular formula is C20H16O. The zero-order chi connectivity index (χ0) is 14.1. The van der Waals surface area contributed by atoms with E-state index in [2.05, 4.69) is 60.7 Å². The van der Waals surface area contributed by atoms with Crippen molar-refractivity contribution in [3.63, 3.8) is 0 Å². The number of rotatable bonds is 2. The van der Waals surface area contributed by atoms with Gasteiger partial charge in [-0.15, -0.1) is 0 Å². The first-order valence-corrected chi connectivity index (χ1v) is 7.36. The fraction of sp³-hybridized carbons (Fsp3) is 0.100. The molecule has 0 unspecified atom stereocenters. The van der Waals surface area contributed by atoms with E-state index < -0.39 is 0 Å². The van der Waals surface area contributed by atoms with Crippen LogP contribution in [0.15, 0.2) is 66.7 Å². The van der Waals surface area contributed by atoms with Crippen LogP contribution in [0.1, 0.15) is 17.5 Å². The lowest BCUT2D eigenvalue weighted by Gasteiger charge is -2.16. The largest absolute Gasteiger partial charge is 0.456 e. The molecule has 0 radical (unpaired) electrons. The number of fused-ring (bicyclic) bond motifs is 2. The zero-order valence-electron chi connectivity index (χ0n) is 11.8. The summed E-state index contributed by atoms with van der Waals surface area (Å²) < 4.78 is 6.24. The first-order valence-electron chi connectivity index (χ1n) is 7.36. The van der Waals surface area contributed by atoms with Gasteiger partial charge < -0.3 is 4.74 Å². The number of hydrogen-bond acceptors (Lipinski definition) is 1. The summed E-state index contributed by atoms with van der Waals surface area (Å²) in [6, 6.07) is 20.8. The van der Waals surface area contributed by atoms with Gasteiger partial charge in [0.25, 0.3) is 0 Å². The van der Waals surface area contributed by atoms with Crippen molar-refractivity contribution in [2.24, 2.45) is 0 Å². The van der Waals surface area contributed by atoms with Gasteiger partial charge in [0.2, 0.25) is 0 Å². The molecule has 102 valence electrons. The van der Waals surface area contributed by atoms with Crippen LogP contribution in [0.2, 0.25) is 0 Å². The van der Waals surface area contributed by atoms with Crippen LogP contribution in [0.5, 0.6) is 11.5 Å². The summed E-state index contributed by atoms with van der Waals surface area (Å²) in [7, 11) is 0. The van der Waals surface area contributed by atoms with Crippen LogP contribution in [0.3, 0.4) is 0 Å². The van der Waals surface area contributed by atoms with E-state index in [1.165, 1.54) is 16.5 Å². The number of benzene rings is 3. The van der Waals surface area contributed by atoms with Gasteiger partial charge in [0.15, 0.2) is 0 Å². The SMILES string of the molecule is C1=Cc2c(cccc2Oc2cccc3ccccc23)CC1. The molecule has 0 atom stereocenters. The molecule has 1 aliphatic carbocycles. The highest BCUT2D eigenvalue weighted by Crippen LogP contribution is 2.34. The van der Waals surface area contributed by atoms with E-state index in [-0.39, 0.29) is 0 Å². The maximum absolute atomic E-state index is 6.24. The highest BCUT2D eigenvalue weighted by Gasteiger charge is 2.11. The van der Waals surface area contributed by atoms with Gasteiger partial charge in [-0.25, -0.2) is 0 Å². The van der Waals surface area contributed by atoms with E-state index in [4.69, 9.17) is 4.74 Å². The Kier molecular flexibility index (Phi) is 2.97. The third-order valence-electron chi connectivity index (χ3n) is 3.99. The van der Waals surface area contributed by atoms with Gasteiger partial charge in [0.05, 0.1) is 0 Å². The standard InChI is InChI=1S/C20H16O/c1-3-11-17-15(7-1)9-5-13-19(17)21-20-14-6-10-16-8-2-4-12-18(16)20/h1,3-7,9-14H,2,8H2. The maximum atomic E-state index is 6.24. The maximum Gasteiger partial charge on any atom is 0.135 e. The Morgan fingerprint density at radius 2 is 1.57 bits per heavy atom. The summed E-state index contributed by atoms with van der Waals surface area (Å²) in [5.74, 6) is 1.86. The fourth-order valence-corrected chi connectivity index (χ4v) is 2.93. The average Bonchev–Trinajstić information content (AvgIpc) is 2.56. The minimum atomic E-state index is 0.917. The van der Waals surface area contributed by atoms with Crippen LogP contribution in [0, 0.1) is 0 Å². The van der Waals surface area contributed by atoms with Gasteiger partial charge >= 0.3 is 0 Å². The molecule has 0 fully saturated rings. The van der Waals surface area contributed by atoms with Crippen molar-refractivity contribution in [2.75, 3.05) is 0 Å². The predicted molar refractivity (Wildman–Crippen MR) is 87.8 cm³/mol. The Hall–Kier alpha value is -2.54. The van der Waals surface area contributed by atoms with E-state index in [0.717, 1.165) is 29.7 Å². The molecule has 4 rings (SSSR count). The minimum absolute atomic E-state index is 0.917. The second-order valence-electron chi connectivity index (χ2n) is 5.35. The monoisotopic (exact) mass is 272 g/mol. The summed E-state index contributed by atoms with van der Waals surface area (Å²) in [5, 5.41) is 2.35. The average molecular weight is 272 g/mol. The molecule has 0 N–H and O–H groups in total. The third-order valence-corrected chi connectivity index (χ3v) is 3.99. The van der Waals surface area contributed by atoms with Crippen molar-refractivity contribution >= 4 is 16.8 Å². The van der Waals surface area contributed by atoms with Crippen molar-refractivity contribution in [2.45, 2.75) is 12.8 Å². The molecule has 0 aromatic heterocycles. The Morgan fingerprint density at radius 3 is 2.57 bits per heavy atom. The topological polar surface area (TPSA) is 9.23 Å². The molecule has 0 spiro atoms. The van der Waals surface area contributed by atoms with Crippen LogP contribution in [-0.4, -0.2) is 0 Å². The molecule has 3 aromatic rings. The molecule has 0 heterocycles. The highest BCUT2D eigenvalue weighted by molar-refractivity contribution is 5.88. The second-order valence-corrected chi connectivity index (χ2v) is 5.35. The van der Waals surface area contributed by atoms with Crippen LogP contribution < -0.4 is 4.74 Å². The molecule has 0 aliphatic heterocycles. The van der Waals surface area contributed by atoms with Gasteiger partial charge in [-0.1, -0.05) is 60.7 Å². The Morgan fingerprint density at radius 1 is 0.762 bits per heavy atom. The number of aryl methyl sites for hydroxylation is 1. The quantitative estimate of drug-likeness (QED) is 0.590. The molecule has 1 nitrogen and oxygen atoms in total. The van der Waals surface area contributed by atoms with Crippen molar-refractivity contribution in [3.05, 3.63) is 77.9 Å². The van der Waals surface area contributed by atoms with Crippen molar-refractivity contribution in [1.82, 2.24) is 0 Å². The van der Waals surface area contributed by atoms with Crippen LogP contribution in [-0.2, 0) is 6.42 Å². The lowest BCUT2D eigenvalue weighted by atomic mass is 9.97. The molecule has 0 amide bonds. The van der Waals surface area contributed by atoms with Crippen molar-refractivity contribution in [1.29, 1.82) is 0 Å². The van der Waals surface area contributed by atoms with Gasteiger partial charge in [-0.2, -0.15) is 0 Å². The number of allylic oxidation sites excluding steroid dienone is 1. The summed E-state index contributed by atoms with van der Waals surface area (Å²) >= 11 is 0. The Bertz CT molecular complexity index is 825. The first-order chi connectivity index (χ1) is 10.4. The molecule has 1 heteroatoms. The second kappa shape index (κ2) is 5.10. The molecule has 0 saturated carbocycles. The summed E-state index contributed by atoms with van der Waals surface area (Å²) in [4.78, 5) is 0. The highest BCUT2D eigenvalue weighted by atomic mass is 16.5. The first kappa shape index (κ1) is 12.2. The third kappa shape index (κ3) is 2.21. The summed E-state index contributed by atoms with van der Waals surface area (Å²) in [6.45, 7) is 0. The van der Waals surface area contributed by atoms with Crippen molar-refractivity contribution in [3.8, 4) is 11.5 Å². The van der Waals surface area contributed by atoms with E-state index in [1.807, 2.05) is 12.1 Å². The van der Waals surface area contributed by atoms with Crippen LogP contribution in [0.25, 0.3) is 16.8 Å². The molecule has 1 aliphatic rings. The van der Waals surface area contributed by atoms with Gasteiger partial charge in [-0.05, 0) is 35.9 Å². The summed E-state index contributed by atoms with van der Waals surface area (Å²) in [5.41, 5.74) is 2.59. The normalized spacial score (nSPS) is 13.1. The van der Waals surface area contributed by atoms with Crippen LogP contribution in [0.4, 0.5) is 0 Å². The number of ether oxygens (including phenoxy) is 1. The molecule has 21 heavy (non-hydrogen) atoms. The Labute approximate surface area is 124 Å².